The van der Waals surface area contributed by atoms with E-state index >= 15 is 0 Å². The van der Waals surface area contributed by atoms with Gasteiger partial charge in [-0.3, -0.25) is 93.0 Å². The molecule has 26 unspecified atom stereocenters. The summed E-state index contributed by atoms with van der Waals surface area (Å²) in [4.78, 5) is 54.9. The summed E-state index contributed by atoms with van der Waals surface area (Å²) in [6.07, 6.45) is 27.1. The number of nitrogens with zero attached hydrogens (tertiary/aromatic N) is 13. The molecule has 43 heteroatoms. The highest BCUT2D eigenvalue weighted by atomic mass is 19.0. The van der Waals surface area contributed by atoms with E-state index in [-0.39, 0.29) is 4.70 Å². The molecular weight excluding hydrogens is 1870 g/mol. The summed E-state index contributed by atoms with van der Waals surface area (Å²) in [5.41, 5.74) is 0. The third-order valence-electron chi connectivity index (χ3n) is 34.2. The standard InChI is InChI=1S/13C8H18N2.4BO3.FH/c13*1-4-8-9(3)6-7-10(8)5-2;4*2-1(3)4;/h13*8H,4-7H2,1-3H3;;;;;1H/q;;;;;;;;;;;;;4*-3;/p+12. The van der Waals surface area contributed by atoms with E-state index in [4.69, 9.17) is 60.3 Å². The van der Waals surface area contributed by atoms with Crippen LogP contribution < -0.4 is 129 Å². The van der Waals surface area contributed by atoms with Gasteiger partial charge < -0.3 is 129 Å². The number of nitrogens with one attached hydrogen (secondary N) is 13. The zero-order valence-corrected chi connectivity index (χ0v) is 103. The maximum Gasteiger partial charge on any atom is 0.143 e. The van der Waals surface area contributed by atoms with Crippen molar-refractivity contribution < 1.29 is 129 Å². The first-order valence-corrected chi connectivity index (χ1v) is 59.2. The zero-order chi connectivity index (χ0) is 113. The molecule has 0 aliphatic carbocycles. The number of hydrogen-bond acceptors (Lipinski definition) is 25. The van der Waals surface area contributed by atoms with E-state index in [1.807, 2.05) is 0 Å². The maximum atomic E-state index is 8.42. The van der Waals surface area contributed by atoms with E-state index in [0.717, 1.165) is 80.2 Å². The van der Waals surface area contributed by atoms with E-state index in [1.54, 1.807) is 63.7 Å². The molecule has 0 bridgehead atoms. The van der Waals surface area contributed by atoms with Gasteiger partial charge in [0.25, 0.3) is 0 Å². The fourth-order valence-corrected chi connectivity index (χ4v) is 25.6. The first kappa shape index (κ1) is 154. The van der Waals surface area contributed by atoms with Gasteiger partial charge in [0.05, 0.1) is 255 Å². The highest BCUT2D eigenvalue weighted by Gasteiger charge is 2.39. The van der Waals surface area contributed by atoms with Crippen molar-refractivity contribution in [1.29, 1.82) is 0 Å². The Bertz CT molecular complexity index is 2230. The number of likely N-dealkylation sites (N-methyl/N-ethyl adjacent to an activating group) is 26. The first-order valence-electron chi connectivity index (χ1n) is 59.2. The second kappa shape index (κ2) is 92.5. The minimum Gasteiger partial charge on any atom is -1.00 e. The number of hydrogen-bond donors (Lipinski definition) is 13. The summed E-state index contributed by atoms with van der Waals surface area (Å²) < 4.78 is 0. The molecule has 0 amide bonds. The van der Waals surface area contributed by atoms with Crippen molar-refractivity contribution in [2.75, 3.05) is 347 Å². The monoisotopic (exact) mass is 2120 g/mol. The molecule has 0 aromatic heterocycles. The van der Waals surface area contributed by atoms with E-state index < -0.39 is 29.3 Å². The van der Waals surface area contributed by atoms with Crippen LogP contribution in [0.4, 0.5) is 0 Å². The number of halogens is 1. The molecule has 13 aliphatic rings. The smallest absolute Gasteiger partial charge is 0.143 e. The molecule has 0 saturated carbocycles. The molecule has 38 nitrogen and oxygen atoms in total. The number of quaternary nitrogens is 13. The molecule has 13 heterocycles. The average Bonchev–Trinajstić information content (AvgIpc) is 1.85. The van der Waals surface area contributed by atoms with Crippen LogP contribution in [0.2, 0.25) is 0 Å². The molecule has 13 aliphatic heterocycles. The summed E-state index contributed by atoms with van der Waals surface area (Å²) in [5.74, 6) is 0. The Kier molecular flexibility index (Phi) is 97.0. The van der Waals surface area contributed by atoms with Gasteiger partial charge in [-0.1, -0.05) is 90.0 Å². The van der Waals surface area contributed by atoms with Crippen molar-refractivity contribution >= 4 is 29.3 Å². The topological polar surface area (TPSA) is 377 Å². The van der Waals surface area contributed by atoms with Crippen molar-refractivity contribution in [3.63, 3.8) is 0 Å². The van der Waals surface area contributed by atoms with Gasteiger partial charge in [-0.05, 0) is 182 Å². The van der Waals surface area contributed by atoms with Gasteiger partial charge in [-0.15, -0.1) is 0 Å². The van der Waals surface area contributed by atoms with Crippen molar-refractivity contribution in [3.05, 3.63) is 0 Å². The lowest BCUT2D eigenvalue weighted by molar-refractivity contribution is -0.916. The molecule has 0 spiro atoms. The van der Waals surface area contributed by atoms with Crippen LogP contribution in [-0.2, 0) is 0 Å². The molecule has 147 heavy (non-hydrogen) atoms. The zero-order valence-electron chi connectivity index (χ0n) is 103. The molecule has 13 N–H and O–H groups in total. The fraction of sp³-hybridized carbons (Fsp3) is 1.00. The highest BCUT2D eigenvalue weighted by molar-refractivity contribution is 6.24. The Balaban J connectivity index is -0.000000489. The van der Waals surface area contributed by atoms with Crippen LogP contribution in [0, 0.1) is 0 Å². The molecule has 0 aromatic carbocycles. The molecule has 0 aromatic rings. The minimum absolute atomic E-state index is 0. The second-order valence-corrected chi connectivity index (χ2v) is 42.3. The lowest BCUT2D eigenvalue weighted by Gasteiger charge is -2.35. The highest BCUT2D eigenvalue weighted by Crippen LogP contribution is 2.07. The van der Waals surface area contributed by atoms with Gasteiger partial charge in [-0.2, -0.15) is 0 Å². The van der Waals surface area contributed by atoms with E-state index in [1.165, 1.54) is 339 Å². The van der Waals surface area contributed by atoms with Gasteiger partial charge in [0, 0.05) is 83.5 Å². The summed E-state index contributed by atoms with van der Waals surface area (Å²) in [5, 5.41) is 101. The molecular formula is C104H247B4FN26O12. The van der Waals surface area contributed by atoms with E-state index in [9.17, 15) is 0 Å². The van der Waals surface area contributed by atoms with Crippen molar-refractivity contribution in [3.8, 4) is 0 Å². The molecule has 13 rings (SSSR count). The lowest BCUT2D eigenvalue weighted by atomic mass is 10.3. The average molecular weight is 2120 g/mol. The Labute approximate surface area is 907 Å². The molecule has 13 fully saturated rings. The third-order valence-corrected chi connectivity index (χ3v) is 34.2. The third kappa shape index (κ3) is 61.0. The van der Waals surface area contributed by atoms with Crippen LogP contribution in [0.3, 0.4) is 0 Å². The van der Waals surface area contributed by atoms with Gasteiger partial charge in [0.1, 0.15) is 80.2 Å². The molecule has 26 atom stereocenters. The van der Waals surface area contributed by atoms with Crippen molar-refractivity contribution in [2.45, 2.75) is 344 Å². The Morgan fingerprint density at radius 3 is 0.211 bits per heavy atom. The fourth-order valence-electron chi connectivity index (χ4n) is 25.6. The molecule has 884 valence electrons. The van der Waals surface area contributed by atoms with E-state index in [0.29, 0.717) is 0 Å². The summed E-state index contributed by atoms with van der Waals surface area (Å²) in [7, 11) is 17.4. The van der Waals surface area contributed by atoms with Gasteiger partial charge in [0.15, 0.2) is 0 Å². The largest absolute Gasteiger partial charge is 1.00 e. The van der Waals surface area contributed by atoms with Crippen molar-refractivity contribution in [2.24, 2.45) is 0 Å². The summed E-state index contributed by atoms with van der Waals surface area (Å²) >= 11 is 0. The van der Waals surface area contributed by atoms with E-state index in [2.05, 4.69) is 335 Å². The predicted molar refractivity (Wildman–Crippen MR) is 583 cm³/mol. The maximum absolute atomic E-state index is 8.42. The Hall–Kier alpha value is -1.33. The van der Waals surface area contributed by atoms with Crippen LogP contribution in [0.5, 0.6) is 0 Å². The molecule has 13 saturated heterocycles. The van der Waals surface area contributed by atoms with Crippen LogP contribution in [-0.4, -0.2) is 520 Å². The Morgan fingerprint density at radius 2 is 0.184 bits per heavy atom. The van der Waals surface area contributed by atoms with Crippen LogP contribution >= 0.6 is 0 Å². The minimum atomic E-state index is -2.92. The SMILES string of the molecule is CCC1N(C)CC[NH+]1CC.CCC1N(C)CC[NH+]1CC.CCC1N(C)CC[NH+]1CC.CCC1N(C)CC[NH+]1CC.CCC1N(C)CC[NH+]1CC.CCC1N(C)CC[NH+]1CC.CCC1N(C)CC[NH+]1CC.CCC1N(C)CC[NH+]1CC.CCC1N(C)CC[NH+]1CC.CCC1N(C)CC[NH+]1CC.CCC1N(C)CC[NH+]1CC.CCC1N(C)CC[NH+]1CC.CCC1N(C)CC[NH+]1CC.[F-].[O-]B([O-])[O-].[O-]B([O-])[O-].[O-]B([O-])[O-].[O-]B([O-])[O-]. The van der Waals surface area contributed by atoms with Gasteiger partial charge in [0.2, 0.25) is 0 Å². The molecule has 0 radical (unpaired) electrons. The lowest BCUT2D eigenvalue weighted by Crippen LogP contribution is -3.14. The second-order valence-electron chi connectivity index (χ2n) is 42.3. The van der Waals surface area contributed by atoms with Gasteiger partial charge in [-0.25, -0.2) is 0 Å². The van der Waals surface area contributed by atoms with Gasteiger partial charge >= 0.3 is 0 Å². The normalized spacial score (nSPS) is 31.8. The summed E-state index contributed by atoms with van der Waals surface area (Å²) in [6, 6.07) is 0. The quantitative estimate of drug-likeness (QED) is 0.0358. The number of rotatable bonds is 26. The van der Waals surface area contributed by atoms with Crippen molar-refractivity contribution in [1.82, 2.24) is 63.7 Å². The van der Waals surface area contributed by atoms with Crippen LogP contribution in [0.25, 0.3) is 0 Å². The predicted octanol–water partition coefficient (Wildman–Crippen LogP) is -24.3. The first-order chi connectivity index (χ1) is 69.2. The Morgan fingerprint density at radius 1 is 0.136 bits per heavy atom. The van der Waals surface area contributed by atoms with Crippen LogP contribution in [0.15, 0.2) is 0 Å². The summed E-state index contributed by atoms with van der Waals surface area (Å²) in [6.45, 7) is 110. The van der Waals surface area contributed by atoms with Crippen LogP contribution in [0.1, 0.15) is 263 Å².